The third-order valence-electron chi connectivity index (χ3n) is 10.4. The number of esters is 1. The normalized spacial score (nSPS) is 17.6. The number of amides is 4. The first-order chi connectivity index (χ1) is 26.4. The van der Waals surface area contributed by atoms with Gasteiger partial charge in [-0.25, -0.2) is 9.59 Å². The summed E-state index contributed by atoms with van der Waals surface area (Å²) in [5.74, 6) is -1.05. The van der Waals surface area contributed by atoms with Crippen molar-refractivity contribution in [3.8, 4) is 5.75 Å². The van der Waals surface area contributed by atoms with Gasteiger partial charge < -0.3 is 29.7 Å². The molecule has 0 bridgehead atoms. The van der Waals surface area contributed by atoms with Gasteiger partial charge in [-0.15, -0.1) is 0 Å². The maximum absolute atomic E-state index is 14.9. The van der Waals surface area contributed by atoms with E-state index in [-0.39, 0.29) is 31.5 Å². The molecular weight excluding hydrogens is 713 g/mol. The molecule has 3 aromatic rings. The summed E-state index contributed by atoms with van der Waals surface area (Å²) in [4.78, 5) is 70.4. The molecule has 5 rings (SSSR count). The molecule has 1 aliphatic carbocycles. The van der Waals surface area contributed by atoms with Crippen LogP contribution < -0.4 is 15.4 Å². The standard InChI is InChI=1S/C44H56N4O8/c1-27(47(8)42(53)56-44(5,6)7)38(49)46-37(43(2,3)4)40(51)48-25-32-23-33(55-26-28-17-19-30(20-18-28)41(52)54-9)22-21-31(32)24-36(48)39(50)45-35-16-12-14-29-13-10-11-15-34(29)35/h10-11,13,15,17-23,27,35-37H,12,14,16,24-26H2,1-9H3,(H,45,50)(H,46,49)/t27-,35?,36-,37?/m0/s1. The van der Waals surface area contributed by atoms with Gasteiger partial charge in [0, 0.05) is 20.0 Å². The van der Waals surface area contributed by atoms with Crippen LogP contribution in [-0.4, -0.2) is 77.5 Å². The lowest BCUT2D eigenvalue weighted by Crippen LogP contribution is -2.62. The lowest BCUT2D eigenvalue weighted by molar-refractivity contribution is -0.147. The Bertz CT molecular complexity index is 1930. The van der Waals surface area contributed by atoms with E-state index in [0.717, 1.165) is 41.5 Å². The van der Waals surface area contributed by atoms with Crippen molar-refractivity contribution in [2.45, 2.75) is 117 Å². The number of carbonyl (C=O) groups excluding carboxylic acids is 5. The molecule has 2 N–H and O–H groups in total. The Morgan fingerprint density at radius 1 is 0.911 bits per heavy atom. The van der Waals surface area contributed by atoms with Gasteiger partial charge >= 0.3 is 12.1 Å². The molecule has 0 aromatic heterocycles. The lowest BCUT2D eigenvalue weighted by atomic mass is 9.83. The summed E-state index contributed by atoms with van der Waals surface area (Å²) in [6.45, 7) is 12.7. The van der Waals surface area contributed by atoms with Gasteiger partial charge in [0.2, 0.25) is 17.7 Å². The molecule has 0 spiro atoms. The van der Waals surface area contributed by atoms with E-state index >= 15 is 0 Å². The number of carbonyl (C=O) groups is 5. The Morgan fingerprint density at radius 3 is 2.27 bits per heavy atom. The molecule has 2 unspecified atom stereocenters. The van der Waals surface area contributed by atoms with Crippen LogP contribution in [0.1, 0.15) is 106 Å². The first-order valence-electron chi connectivity index (χ1n) is 19.2. The van der Waals surface area contributed by atoms with Crippen molar-refractivity contribution in [1.82, 2.24) is 20.4 Å². The van der Waals surface area contributed by atoms with Crippen LogP contribution in [-0.2, 0) is 49.9 Å². The predicted octanol–water partition coefficient (Wildman–Crippen LogP) is 6.29. The third-order valence-corrected chi connectivity index (χ3v) is 10.4. The minimum Gasteiger partial charge on any atom is -0.489 e. The predicted molar refractivity (Wildman–Crippen MR) is 212 cm³/mol. The van der Waals surface area contributed by atoms with Crippen molar-refractivity contribution >= 4 is 29.8 Å². The van der Waals surface area contributed by atoms with E-state index in [1.165, 1.54) is 24.6 Å². The number of fused-ring (bicyclic) bond motifs is 2. The van der Waals surface area contributed by atoms with Crippen LogP contribution in [0.2, 0.25) is 0 Å². The molecule has 4 amide bonds. The Hall–Kier alpha value is -5.39. The minimum absolute atomic E-state index is 0.106. The van der Waals surface area contributed by atoms with Gasteiger partial charge in [-0.05, 0) is 104 Å². The van der Waals surface area contributed by atoms with Gasteiger partial charge in [0.15, 0.2) is 0 Å². The Labute approximate surface area is 330 Å². The number of rotatable bonds is 10. The largest absolute Gasteiger partial charge is 0.489 e. The van der Waals surface area contributed by atoms with Crippen LogP contribution in [0.15, 0.2) is 66.7 Å². The van der Waals surface area contributed by atoms with Crippen LogP contribution >= 0.6 is 0 Å². The van der Waals surface area contributed by atoms with Crippen LogP contribution in [0.25, 0.3) is 0 Å². The SMILES string of the molecule is COC(=O)c1ccc(COc2ccc3c(c2)CN(C(=O)C(NC(=O)[C@H](C)N(C)C(=O)OC(C)(C)C)C(C)(C)C)[C@H](C(=O)NC2CCCc4ccccc42)C3)cc1. The fourth-order valence-corrected chi connectivity index (χ4v) is 7.05. The number of likely N-dealkylation sites (N-methyl/N-ethyl adjacent to an activating group) is 1. The summed E-state index contributed by atoms with van der Waals surface area (Å²) in [6.07, 6.45) is 2.27. The van der Waals surface area contributed by atoms with Crippen molar-refractivity contribution in [3.63, 3.8) is 0 Å². The van der Waals surface area contributed by atoms with Crippen LogP contribution in [0.4, 0.5) is 4.79 Å². The van der Waals surface area contributed by atoms with E-state index in [0.29, 0.717) is 11.3 Å². The second-order valence-corrected chi connectivity index (χ2v) is 16.8. The summed E-state index contributed by atoms with van der Waals surface area (Å²) in [5, 5.41) is 6.21. The van der Waals surface area contributed by atoms with Gasteiger partial charge in [-0.1, -0.05) is 63.2 Å². The average Bonchev–Trinajstić information content (AvgIpc) is 3.16. The highest BCUT2D eigenvalue weighted by Gasteiger charge is 2.43. The van der Waals surface area contributed by atoms with Crippen molar-refractivity contribution in [2.75, 3.05) is 14.2 Å². The molecule has 300 valence electrons. The van der Waals surface area contributed by atoms with Crippen molar-refractivity contribution in [2.24, 2.45) is 5.41 Å². The van der Waals surface area contributed by atoms with E-state index in [2.05, 4.69) is 16.7 Å². The summed E-state index contributed by atoms with van der Waals surface area (Å²) in [6, 6.07) is 17.7. The highest BCUT2D eigenvalue weighted by Crippen LogP contribution is 2.33. The number of ether oxygens (including phenoxy) is 3. The van der Waals surface area contributed by atoms with Crippen LogP contribution in [0.3, 0.4) is 0 Å². The smallest absolute Gasteiger partial charge is 0.410 e. The number of methoxy groups -OCH3 is 1. The Kier molecular flexibility index (Phi) is 12.8. The van der Waals surface area contributed by atoms with E-state index in [1.54, 1.807) is 56.9 Å². The molecule has 0 fully saturated rings. The maximum Gasteiger partial charge on any atom is 0.410 e. The molecule has 4 atom stereocenters. The van der Waals surface area contributed by atoms with Crippen molar-refractivity contribution < 1.29 is 38.2 Å². The van der Waals surface area contributed by atoms with Gasteiger partial charge in [-0.2, -0.15) is 0 Å². The lowest BCUT2D eigenvalue weighted by Gasteiger charge is -2.42. The highest BCUT2D eigenvalue weighted by molar-refractivity contribution is 5.95. The monoisotopic (exact) mass is 768 g/mol. The fraction of sp³-hybridized carbons (Fsp3) is 0.477. The van der Waals surface area contributed by atoms with E-state index in [1.807, 2.05) is 57.2 Å². The molecule has 0 saturated carbocycles. The first-order valence-corrected chi connectivity index (χ1v) is 19.2. The Balaban J connectivity index is 1.41. The quantitative estimate of drug-likeness (QED) is 0.230. The van der Waals surface area contributed by atoms with E-state index in [4.69, 9.17) is 14.2 Å². The second-order valence-electron chi connectivity index (χ2n) is 16.8. The second kappa shape index (κ2) is 17.2. The number of nitrogens with one attached hydrogen (secondary N) is 2. The molecule has 56 heavy (non-hydrogen) atoms. The summed E-state index contributed by atoms with van der Waals surface area (Å²) >= 11 is 0. The minimum atomic E-state index is -1.04. The number of aryl methyl sites for hydroxylation is 1. The molecule has 1 heterocycles. The first kappa shape index (κ1) is 41.8. The maximum atomic E-state index is 14.9. The molecule has 12 nitrogen and oxygen atoms in total. The number of hydrogen-bond donors (Lipinski definition) is 2. The molecule has 3 aromatic carbocycles. The van der Waals surface area contributed by atoms with Crippen LogP contribution in [0, 0.1) is 5.41 Å². The van der Waals surface area contributed by atoms with E-state index < -0.39 is 53.0 Å². The Morgan fingerprint density at radius 2 is 1.61 bits per heavy atom. The van der Waals surface area contributed by atoms with Gasteiger partial charge in [0.25, 0.3) is 0 Å². The highest BCUT2D eigenvalue weighted by atomic mass is 16.6. The van der Waals surface area contributed by atoms with Gasteiger partial charge in [0.05, 0.1) is 18.7 Å². The van der Waals surface area contributed by atoms with E-state index in [9.17, 15) is 24.0 Å². The molecule has 1 aliphatic heterocycles. The molecule has 0 radical (unpaired) electrons. The zero-order valence-corrected chi connectivity index (χ0v) is 34.1. The molecule has 12 heteroatoms. The average molecular weight is 769 g/mol. The summed E-state index contributed by atoms with van der Waals surface area (Å²) in [7, 11) is 2.82. The van der Waals surface area contributed by atoms with Gasteiger partial charge in [0.1, 0.15) is 36.1 Å². The molecule has 0 saturated heterocycles. The van der Waals surface area contributed by atoms with Gasteiger partial charge in [-0.3, -0.25) is 19.3 Å². The summed E-state index contributed by atoms with van der Waals surface area (Å²) < 4.78 is 16.4. The molecule has 2 aliphatic rings. The summed E-state index contributed by atoms with van der Waals surface area (Å²) in [5.41, 5.74) is 3.80. The van der Waals surface area contributed by atoms with Crippen LogP contribution in [0.5, 0.6) is 5.75 Å². The number of benzene rings is 3. The zero-order chi connectivity index (χ0) is 40.9. The molecular formula is C44H56N4O8. The fourth-order valence-electron chi connectivity index (χ4n) is 7.05. The third kappa shape index (κ3) is 10.1. The zero-order valence-electron chi connectivity index (χ0n) is 34.1. The van der Waals surface area contributed by atoms with Crippen molar-refractivity contribution in [1.29, 1.82) is 0 Å². The number of hydrogen-bond acceptors (Lipinski definition) is 8. The number of nitrogens with zero attached hydrogens (tertiary/aromatic N) is 2. The van der Waals surface area contributed by atoms with Crippen molar-refractivity contribution in [3.05, 3.63) is 100 Å². The topological polar surface area (TPSA) is 144 Å².